The first kappa shape index (κ1) is 23.0. The zero-order valence-corrected chi connectivity index (χ0v) is 18.5. The summed E-state index contributed by atoms with van der Waals surface area (Å²) in [5.41, 5.74) is 3.40. The molecule has 1 fully saturated rings. The first-order valence-corrected chi connectivity index (χ1v) is 11.0. The molecular weight excluding hydrogens is 428 g/mol. The van der Waals surface area contributed by atoms with Gasteiger partial charge in [0.05, 0.1) is 5.56 Å². The lowest BCUT2D eigenvalue weighted by Gasteiger charge is -2.46. The average Bonchev–Trinajstić information content (AvgIpc) is 2.71. The average molecular weight is 456 g/mol. The number of phenolic OH excluding ortho intramolecular Hbond substituents is 1. The van der Waals surface area contributed by atoms with E-state index >= 15 is 0 Å². The largest absolute Gasteiger partial charge is 0.508 e. The molecule has 3 unspecified atom stereocenters. The number of carbonyl (C=O) groups is 3. The third-order valence-corrected chi connectivity index (χ3v) is 6.91. The Morgan fingerprint density at radius 3 is 2.55 bits per heavy atom. The fraction of sp³-hybridized carbons (Fsp3) is 0.458. The molecule has 1 aromatic carbocycles. The lowest BCUT2D eigenvalue weighted by Crippen LogP contribution is -2.58. The lowest BCUT2D eigenvalue weighted by molar-refractivity contribution is -0.147. The number of phenols is 1. The number of ketones is 2. The molecule has 33 heavy (non-hydrogen) atoms. The van der Waals surface area contributed by atoms with Gasteiger partial charge in [0.25, 0.3) is 5.91 Å². The maximum atomic E-state index is 13.4. The van der Waals surface area contributed by atoms with Crippen LogP contribution in [0, 0.1) is 17.8 Å². The molecule has 7 N–H and O–H groups in total. The van der Waals surface area contributed by atoms with Crippen molar-refractivity contribution in [1.29, 1.82) is 0 Å². The minimum atomic E-state index is -2.54. The summed E-state index contributed by atoms with van der Waals surface area (Å²) in [5, 5.41) is 46.7. The second-order valence-electron chi connectivity index (χ2n) is 9.53. The minimum absolute atomic E-state index is 0.117. The highest BCUT2D eigenvalue weighted by Gasteiger charge is 2.60. The van der Waals surface area contributed by atoms with Gasteiger partial charge < -0.3 is 31.5 Å². The summed E-state index contributed by atoms with van der Waals surface area (Å²) in [6.45, 7) is 5.43. The van der Waals surface area contributed by atoms with Crippen molar-refractivity contribution in [3.05, 3.63) is 45.7 Å². The van der Waals surface area contributed by atoms with Crippen molar-refractivity contribution in [3.8, 4) is 5.75 Å². The molecule has 0 aliphatic heterocycles. The molecule has 1 aromatic rings. The zero-order chi connectivity index (χ0) is 24.2. The van der Waals surface area contributed by atoms with Gasteiger partial charge in [0, 0.05) is 24.5 Å². The summed E-state index contributed by atoms with van der Waals surface area (Å²) < 4.78 is 0. The van der Waals surface area contributed by atoms with Crippen molar-refractivity contribution in [2.45, 2.75) is 45.3 Å². The number of hydrogen-bond donors (Lipinski definition) is 6. The molecule has 3 aliphatic carbocycles. The van der Waals surface area contributed by atoms with Crippen molar-refractivity contribution in [2.75, 3.05) is 6.54 Å². The topological polar surface area (TPSA) is 170 Å². The van der Waals surface area contributed by atoms with Crippen molar-refractivity contribution in [2.24, 2.45) is 23.5 Å². The molecule has 0 heterocycles. The molecule has 9 nitrogen and oxygen atoms in total. The highest BCUT2D eigenvalue weighted by Crippen LogP contribution is 2.52. The van der Waals surface area contributed by atoms with Crippen molar-refractivity contribution >= 4 is 23.2 Å². The molecular formula is C24H28N2O7. The van der Waals surface area contributed by atoms with Crippen LogP contribution < -0.4 is 11.1 Å². The summed E-state index contributed by atoms with van der Waals surface area (Å²) in [7, 11) is 0. The molecule has 0 radical (unpaired) electrons. The van der Waals surface area contributed by atoms with Crippen LogP contribution in [-0.4, -0.2) is 50.0 Å². The molecule has 1 amide bonds. The minimum Gasteiger partial charge on any atom is -0.508 e. The van der Waals surface area contributed by atoms with Gasteiger partial charge >= 0.3 is 0 Å². The van der Waals surface area contributed by atoms with Gasteiger partial charge in [0.1, 0.15) is 22.8 Å². The molecule has 176 valence electrons. The summed E-state index contributed by atoms with van der Waals surface area (Å²) in [6.07, 6.45) is 0.101. The predicted molar refractivity (Wildman–Crippen MR) is 118 cm³/mol. The smallest absolute Gasteiger partial charge is 0.255 e. The van der Waals surface area contributed by atoms with Gasteiger partial charge in [0.15, 0.2) is 11.4 Å². The van der Waals surface area contributed by atoms with E-state index in [4.69, 9.17) is 5.73 Å². The number of primary amides is 1. The highest BCUT2D eigenvalue weighted by molar-refractivity contribution is 6.22. The number of rotatable bonds is 5. The quantitative estimate of drug-likeness (QED) is 0.359. The van der Waals surface area contributed by atoms with E-state index < -0.39 is 52.0 Å². The molecule has 0 saturated heterocycles. The standard InChI is InChI=1S/C24H28N2O7/c1-10(2)8-26-9-11-3-4-15(27)18-14(11)6-12-5-13-7-16(28)19(23(25)32)22(31)24(13,33)21(30)17(12)20(18)29/h3-4,10,12-13,26-27,29,31,33H,5-9H2,1-2H3,(H2,25,32). The molecule has 0 aromatic heterocycles. The predicted octanol–water partition coefficient (Wildman–Crippen LogP) is 1.17. The Kier molecular flexibility index (Phi) is 5.58. The Hall–Kier alpha value is -3.17. The zero-order valence-electron chi connectivity index (χ0n) is 18.5. The lowest BCUT2D eigenvalue weighted by atomic mass is 9.59. The maximum Gasteiger partial charge on any atom is 0.255 e. The van der Waals surface area contributed by atoms with Crippen LogP contribution in [0.1, 0.15) is 43.4 Å². The van der Waals surface area contributed by atoms with E-state index in [0.717, 1.165) is 12.1 Å². The Bertz CT molecular complexity index is 1130. The molecule has 4 rings (SSSR count). The van der Waals surface area contributed by atoms with E-state index in [1.165, 1.54) is 6.07 Å². The molecule has 9 heteroatoms. The Morgan fingerprint density at radius 1 is 1.21 bits per heavy atom. The Balaban J connectivity index is 1.82. The van der Waals surface area contributed by atoms with E-state index in [0.29, 0.717) is 24.4 Å². The van der Waals surface area contributed by atoms with Crippen LogP contribution in [-0.2, 0) is 27.3 Å². The second kappa shape index (κ2) is 8.00. The number of fused-ring (bicyclic) bond motifs is 3. The number of benzene rings is 1. The number of amides is 1. The van der Waals surface area contributed by atoms with E-state index in [1.54, 1.807) is 6.07 Å². The number of nitrogens with two attached hydrogens (primary N) is 1. The fourth-order valence-corrected chi connectivity index (χ4v) is 5.35. The number of nitrogens with one attached hydrogen (secondary N) is 1. The molecule has 3 atom stereocenters. The van der Waals surface area contributed by atoms with Crippen molar-refractivity contribution in [3.63, 3.8) is 0 Å². The van der Waals surface area contributed by atoms with Crippen LogP contribution in [0.3, 0.4) is 0 Å². The molecule has 1 saturated carbocycles. The summed E-state index contributed by atoms with van der Waals surface area (Å²) >= 11 is 0. The van der Waals surface area contributed by atoms with Crippen LogP contribution in [0.4, 0.5) is 0 Å². The summed E-state index contributed by atoms with van der Waals surface area (Å²) in [5.74, 6) is -5.76. The number of aliphatic hydroxyl groups excluding tert-OH is 2. The number of hydrogen-bond acceptors (Lipinski definition) is 8. The van der Waals surface area contributed by atoms with E-state index in [1.807, 2.05) is 0 Å². The summed E-state index contributed by atoms with van der Waals surface area (Å²) in [4.78, 5) is 37.5. The molecule has 0 spiro atoms. The monoisotopic (exact) mass is 456 g/mol. The van der Waals surface area contributed by atoms with Gasteiger partial charge in [-0.15, -0.1) is 0 Å². The van der Waals surface area contributed by atoms with Crippen LogP contribution in [0.5, 0.6) is 5.75 Å². The highest BCUT2D eigenvalue weighted by atomic mass is 16.3. The number of Topliss-reactive ketones (excluding diaryl/α,β-unsaturated/α-hetero) is 2. The number of aliphatic hydroxyl groups is 3. The SMILES string of the molecule is CC(C)CNCc1ccc(O)c2c1CC1CC3CC(=O)C(C(N)=O)=C(O)C3(O)C(=O)C1=C2O. The van der Waals surface area contributed by atoms with E-state index in [-0.39, 0.29) is 29.7 Å². The Labute approximate surface area is 190 Å². The van der Waals surface area contributed by atoms with Gasteiger partial charge in [-0.25, -0.2) is 0 Å². The van der Waals surface area contributed by atoms with Crippen molar-refractivity contribution < 1.29 is 34.8 Å². The first-order valence-electron chi connectivity index (χ1n) is 11.0. The summed E-state index contributed by atoms with van der Waals surface area (Å²) in [6, 6.07) is 3.20. The first-order chi connectivity index (χ1) is 15.5. The van der Waals surface area contributed by atoms with Gasteiger partial charge in [-0.05, 0) is 48.4 Å². The normalized spacial score (nSPS) is 26.9. The fourth-order valence-electron chi connectivity index (χ4n) is 5.35. The van der Waals surface area contributed by atoms with Gasteiger partial charge in [0.2, 0.25) is 5.78 Å². The third kappa shape index (κ3) is 3.43. The van der Waals surface area contributed by atoms with E-state index in [9.17, 15) is 34.8 Å². The molecule has 0 bridgehead atoms. The van der Waals surface area contributed by atoms with Crippen molar-refractivity contribution in [1.82, 2.24) is 5.32 Å². The Morgan fingerprint density at radius 2 is 1.91 bits per heavy atom. The molecule has 3 aliphatic rings. The second-order valence-corrected chi connectivity index (χ2v) is 9.53. The van der Waals surface area contributed by atoms with Gasteiger partial charge in [-0.3, -0.25) is 14.4 Å². The number of carbonyl (C=O) groups excluding carboxylic acids is 3. The van der Waals surface area contributed by atoms with Crippen LogP contribution in [0.15, 0.2) is 29.0 Å². The van der Waals surface area contributed by atoms with E-state index in [2.05, 4.69) is 19.2 Å². The van der Waals surface area contributed by atoms with Crippen LogP contribution >= 0.6 is 0 Å². The number of aromatic hydroxyl groups is 1. The van der Waals surface area contributed by atoms with Crippen LogP contribution in [0.2, 0.25) is 0 Å². The maximum absolute atomic E-state index is 13.4. The van der Waals surface area contributed by atoms with Gasteiger partial charge in [-0.2, -0.15) is 0 Å². The van der Waals surface area contributed by atoms with Gasteiger partial charge in [-0.1, -0.05) is 19.9 Å². The third-order valence-electron chi connectivity index (χ3n) is 6.91. The van der Waals surface area contributed by atoms with Crippen LogP contribution in [0.25, 0.3) is 5.76 Å².